The Morgan fingerprint density at radius 2 is 1.68 bits per heavy atom. The first-order valence-electron chi connectivity index (χ1n) is 9.30. The van der Waals surface area contributed by atoms with Crippen molar-refractivity contribution in [2.24, 2.45) is 0 Å². The zero-order valence-electron chi connectivity index (χ0n) is 16.4. The van der Waals surface area contributed by atoms with Gasteiger partial charge in [0.2, 0.25) is 0 Å². The van der Waals surface area contributed by atoms with Crippen LogP contribution in [0, 0.1) is 18.6 Å². The lowest BCUT2D eigenvalue weighted by molar-refractivity contribution is -0.112. The minimum absolute atomic E-state index is 0.0766. The number of nitrogens with one attached hydrogen (secondary N) is 1. The van der Waals surface area contributed by atoms with Gasteiger partial charge in [-0.05, 0) is 48.9 Å². The Balaban J connectivity index is 1.65. The number of rotatable bonds is 4. The van der Waals surface area contributed by atoms with Gasteiger partial charge in [-0.25, -0.2) is 17.2 Å². The molecule has 1 aliphatic rings. The number of halogens is 2. The van der Waals surface area contributed by atoms with Crippen LogP contribution in [-0.4, -0.2) is 14.3 Å². The van der Waals surface area contributed by atoms with Gasteiger partial charge in [0, 0.05) is 10.5 Å². The van der Waals surface area contributed by atoms with Gasteiger partial charge in [-0.15, -0.1) is 0 Å². The molecule has 3 aromatic carbocycles. The average molecular weight is 458 g/mol. The lowest BCUT2D eigenvalue weighted by atomic mass is 10.1. The number of carbonyl (C=O) groups excluding carboxylic acids is 1. The lowest BCUT2D eigenvalue weighted by Gasteiger charge is -2.19. The lowest BCUT2D eigenvalue weighted by Crippen LogP contribution is -2.18. The first-order chi connectivity index (χ1) is 14.7. The summed E-state index contributed by atoms with van der Waals surface area (Å²) in [5.41, 5.74) is 1.91. The molecule has 0 atom stereocenters. The van der Waals surface area contributed by atoms with Crippen molar-refractivity contribution < 1.29 is 22.0 Å². The standard InChI is InChI=1S/C23H17F2NO3S2/c1-14-5-7-15(8-6-14)11-22-23(27)26-20-10-9-16(12-21(20)30-22)31(28,29)13-17-18(24)3-2-4-19(17)25/h2-12H,13H2,1H3,(H,26,27)/b22-11-. The van der Waals surface area contributed by atoms with E-state index in [0.717, 1.165) is 35.0 Å². The maximum Gasteiger partial charge on any atom is 0.262 e. The van der Waals surface area contributed by atoms with Crippen LogP contribution >= 0.6 is 11.8 Å². The monoisotopic (exact) mass is 457 g/mol. The summed E-state index contributed by atoms with van der Waals surface area (Å²) in [6.07, 6.45) is 1.72. The molecule has 8 heteroatoms. The molecule has 1 N–H and O–H groups in total. The van der Waals surface area contributed by atoms with Gasteiger partial charge in [0.1, 0.15) is 11.6 Å². The van der Waals surface area contributed by atoms with E-state index in [0.29, 0.717) is 15.5 Å². The van der Waals surface area contributed by atoms with Crippen LogP contribution < -0.4 is 5.32 Å². The van der Waals surface area contributed by atoms with Crippen LogP contribution in [0.15, 0.2) is 75.4 Å². The highest BCUT2D eigenvalue weighted by molar-refractivity contribution is 8.04. The summed E-state index contributed by atoms with van der Waals surface area (Å²) in [7, 11) is -4.01. The highest BCUT2D eigenvalue weighted by atomic mass is 32.2. The largest absolute Gasteiger partial charge is 0.320 e. The van der Waals surface area contributed by atoms with Crippen LogP contribution in [0.5, 0.6) is 0 Å². The van der Waals surface area contributed by atoms with E-state index < -0.39 is 32.8 Å². The molecule has 1 heterocycles. The number of hydrogen-bond acceptors (Lipinski definition) is 4. The smallest absolute Gasteiger partial charge is 0.262 e. The van der Waals surface area contributed by atoms with Gasteiger partial charge in [0.05, 0.1) is 21.2 Å². The highest BCUT2D eigenvalue weighted by Gasteiger charge is 2.25. The van der Waals surface area contributed by atoms with E-state index in [4.69, 9.17) is 0 Å². The molecular weight excluding hydrogens is 440 g/mol. The van der Waals surface area contributed by atoms with E-state index in [2.05, 4.69) is 5.32 Å². The van der Waals surface area contributed by atoms with Crippen molar-refractivity contribution >= 4 is 39.3 Å². The summed E-state index contributed by atoms with van der Waals surface area (Å²) in [5, 5.41) is 2.75. The number of fused-ring (bicyclic) bond motifs is 1. The van der Waals surface area contributed by atoms with Crippen molar-refractivity contribution in [2.75, 3.05) is 5.32 Å². The van der Waals surface area contributed by atoms with E-state index in [1.807, 2.05) is 31.2 Å². The fraction of sp³-hybridized carbons (Fsp3) is 0.0870. The van der Waals surface area contributed by atoms with E-state index in [1.54, 1.807) is 6.08 Å². The van der Waals surface area contributed by atoms with Gasteiger partial charge in [0.25, 0.3) is 5.91 Å². The summed E-state index contributed by atoms with van der Waals surface area (Å²) in [6.45, 7) is 1.96. The van der Waals surface area contributed by atoms with Crippen molar-refractivity contribution in [3.63, 3.8) is 0 Å². The van der Waals surface area contributed by atoms with E-state index in [9.17, 15) is 22.0 Å². The van der Waals surface area contributed by atoms with Crippen LogP contribution in [0.3, 0.4) is 0 Å². The highest BCUT2D eigenvalue weighted by Crippen LogP contribution is 2.40. The minimum Gasteiger partial charge on any atom is -0.320 e. The van der Waals surface area contributed by atoms with E-state index in [1.165, 1.54) is 24.3 Å². The Kier molecular flexibility index (Phi) is 5.68. The van der Waals surface area contributed by atoms with Gasteiger partial charge >= 0.3 is 0 Å². The zero-order chi connectivity index (χ0) is 22.2. The first kappa shape index (κ1) is 21.3. The fourth-order valence-corrected chi connectivity index (χ4v) is 5.55. The Bertz CT molecular complexity index is 1300. The maximum absolute atomic E-state index is 13.9. The number of thioether (sulfide) groups is 1. The fourth-order valence-electron chi connectivity index (χ4n) is 3.09. The van der Waals surface area contributed by atoms with Gasteiger partial charge in [-0.3, -0.25) is 4.79 Å². The summed E-state index contributed by atoms with van der Waals surface area (Å²) >= 11 is 1.14. The molecule has 0 saturated heterocycles. The van der Waals surface area contributed by atoms with Crippen LogP contribution in [0.25, 0.3) is 6.08 Å². The van der Waals surface area contributed by atoms with E-state index in [-0.39, 0.29) is 10.8 Å². The van der Waals surface area contributed by atoms with Crippen molar-refractivity contribution in [1.29, 1.82) is 0 Å². The van der Waals surface area contributed by atoms with Gasteiger partial charge < -0.3 is 5.32 Å². The molecule has 0 saturated carbocycles. The van der Waals surface area contributed by atoms with Gasteiger partial charge in [-0.1, -0.05) is 47.7 Å². The van der Waals surface area contributed by atoms with E-state index >= 15 is 0 Å². The van der Waals surface area contributed by atoms with Crippen molar-refractivity contribution in [3.05, 3.63) is 93.9 Å². The Labute approximate surface area is 182 Å². The molecule has 1 aliphatic heterocycles. The first-order valence-corrected chi connectivity index (χ1v) is 11.8. The van der Waals surface area contributed by atoms with Crippen LogP contribution in [0.1, 0.15) is 16.7 Å². The number of benzene rings is 3. The van der Waals surface area contributed by atoms with Gasteiger partial charge in [0.15, 0.2) is 9.84 Å². The second-order valence-corrected chi connectivity index (χ2v) is 10.2. The summed E-state index contributed by atoms with van der Waals surface area (Å²) in [5.74, 6) is -2.91. The third-order valence-corrected chi connectivity index (χ3v) is 7.50. The predicted molar refractivity (Wildman–Crippen MR) is 117 cm³/mol. The molecule has 1 amide bonds. The number of amides is 1. The van der Waals surface area contributed by atoms with Gasteiger partial charge in [-0.2, -0.15) is 0 Å². The van der Waals surface area contributed by atoms with Crippen LogP contribution in [0.4, 0.5) is 14.5 Å². The molecule has 0 bridgehead atoms. The molecule has 158 valence electrons. The summed E-state index contributed by atoms with van der Waals surface area (Å²) in [6, 6.07) is 15.1. The average Bonchev–Trinajstić information content (AvgIpc) is 2.73. The number of hydrogen-bond donors (Lipinski definition) is 1. The molecule has 0 aromatic heterocycles. The van der Waals surface area contributed by atoms with Crippen LogP contribution in [0.2, 0.25) is 0 Å². The topological polar surface area (TPSA) is 63.2 Å². The van der Waals surface area contributed by atoms with Crippen molar-refractivity contribution in [3.8, 4) is 0 Å². The molecule has 3 aromatic rings. The molecule has 0 spiro atoms. The molecular formula is C23H17F2NO3S2. The normalized spacial score (nSPS) is 14.9. The SMILES string of the molecule is Cc1ccc(/C=C2\Sc3cc(S(=O)(=O)Cc4c(F)cccc4F)ccc3NC2=O)cc1. The molecule has 0 radical (unpaired) electrons. The molecule has 0 unspecified atom stereocenters. The van der Waals surface area contributed by atoms with Crippen LogP contribution in [-0.2, 0) is 20.4 Å². The number of aryl methyl sites for hydroxylation is 1. The third-order valence-electron chi connectivity index (χ3n) is 4.78. The van der Waals surface area contributed by atoms with Crippen molar-refractivity contribution in [1.82, 2.24) is 0 Å². The second-order valence-electron chi connectivity index (χ2n) is 7.09. The Morgan fingerprint density at radius 1 is 1.00 bits per heavy atom. The second kappa shape index (κ2) is 8.28. The maximum atomic E-state index is 13.9. The molecule has 31 heavy (non-hydrogen) atoms. The molecule has 4 rings (SSSR count). The Hall–Kier alpha value is -2.97. The number of sulfone groups is 1. The van der Waals surface area contributed by atoms with Crippen molar-refractivity contribution in [2.45, 2.75) is 22.5 Å². The third kappa shape index (κ3) is 4.55. The predicted octanol–water partition coefficient (Wildman–Crippen LogP) is 5.33. The molecule has 0 fully saturated rings. The minimum atomic E-state index is -4.01. The molecule has 0 aliphatic carbocycles. The summed E-state index contributed by atoms with van der Waals surface area (Å²) in [4.78, 5) is 13.3. The Morgan fingerprint density at radius 3 is 2.35 bits per heavy atom. The quantitative estimate of drug-likeness (QED) is 0.538. The number of carbonyl (C=O) groups is 1. The zero-order valence-corrected chi connectivity index (χ0v) is 18.0. The molecule has 4 nitrogen and oxygen atoms in total. The summed E-state index contributed by atoms with van der Waals surface area (Å²) < 4.78 is 53.5. The number of anilines is 1.